The van der Waals surface area contributed by atoms with Crippen molar-refractivity contribution in [2.24, 2.45) is 0 Å². The second-order valence-corrected chi connectivity index (χ2v) is 5.35. The zero-order chi connectivity index (χ0) is 15.7. The molecule has 0 amide bonds. The first-order valence-corrected chi connectivity index (χ1v) is 7.46. The Morgan fingerprint density at radius 1 is 1.09 bits per heavy atom. The highest BCUT2D eigenvalue weighted by atomic mass is 16.5. The third-order valence-corrected chi connectivity index (χ3v) is 4.25. The summed E-state index contributed by atoms with van der Waals surface area (Å²) < 4.78 is 10.9. The average Bonchev–Trinajstić information content (AvgIpc) is 2.58. The predicted octanol–water partition coefficient (Wildman–Crippen LogP) is 3.20. The van der Waals surface area contributed by atoms with E-state index >= 15 is 0 Å². The molecule has 4 nitrogen and oxygen atoms in total. The number of aliphatic hydroxyl groups excluding tert-OH is 1. The molecule has 0 fully saturated rings. The number of hydrogen-bond donors (Lipinski definition) is 1. The van der Waals surface area contributed by atoms with Gasteiger partial charge in [0, 0.05) is 24.2 Å². The van der Waals surface area contributed by atoms with Crippen LogP contribution in [-0.2, 0) is 13.2 Å². The SMILES string of the molecule is CCN1Cc2cc(OC)c(OC)cc2-c2cccc(CO)c21. The number of aliphatic hydroxyl groups is 1. The Morgan fingerprint density at radius 3 is 2.45 bits per heavy atom. The number of anilines is 1. The first kappa shape index (κ1) is 14.7. The molecule has 1 heterocycles. The van der Waals surface area contributed by atoms with Crippen LogP contribution in [-0.4, -0.2) is 25.9 Å². The van der Waals surface area contributed by atoms with Gasteiger partial charge in [0.1, 0.15) is 0 Å². The minimum absolute atomic E-state index is 0.0439. The number of nitrogens with zero attached hydrogens (tertiary/aromatic N) is 1. The molecule has 0 atom stereocenters. The summed E-state index contributed by atoms with van der Waals surface area (Å²) in [5, 5.41) is 9.67. The van der Waals surface area contributed by atoms with Crippen molar-refractivity contribution in [2.45, 2.75) is 20.1 Å². The van der Waals surface area contributed by atoms with Crippen LogP contribution in [0.2, 0.25) is 0 Å². The lowest BCUT2D eigenvalue weighted by atomic mass is 9.90. The van der Waals surface area contributed by atoms with Gasteiger partial charge < -0.3 is 19.5 Å². The Balaban J connectivity index is 2.25. The summed E-state index contributed by atoms with van der Waals surface area (Å²) in [7, 11) is 3.30. The van der Waals surface area contributed by atoms with E-state index in [9.17, 15) is 5.11 Å². The minimum atomic E-state index is 0.0439. The van der Waals surface area contributed by atoms with Crippen LogP contribution in [0.15, 0.2) is 30.3 Å². The van der Waals surface area contributed by atoms with Crippen LogP contribution in [0.4, 0.5) is 5.69 Å². The van der Waals surface area contributed by atoms with Gasteiger partial charge in [0.15, 0.2) is 11.5 Å². The van der Waals surface area contributed by atoms with Crippen LogP contribution < -0.4 is 14.4 Å². The Labute approximate surface area is 130 Å². The van der Waals surface area contributed by atoms with Gasteiger partial charge in [-0.15, -0.1) is 0 Å². The van der Waals surface area contributed by atoms with Crippen molar-refractivity contribution < 1.29 is 14.6 Å². The van der Waals surface area contributed by atoms with E-state index in [4.69, 9.17) is 9.47 Å². The minimum Gasteiger partial charge on any atom is -0.493 e. The van der Waals surface area contributed by atoms with Crippen LogP contribution in [0.25, 0.3) is 11.1 Å². The molecule has 1 aliphatic rings. The number of hydrogen-bond acceptors (Lipinski definition) is 4. The van der Waals surface area contributed by atoms with Gasteiger partial charge in [-0.1, -0.05) is 18.2 Å². The van der Waals surface area contributed by atoms with Crippen molar-refractivity contribution in [3.63, 3.8) is 0 Å². The summed E-state index contributed by atoms with van der Waals surface area (Å²) >= 11 is 0. The summed E-state index contributed by atoms with van der Waals surface area (Å²) in [6.07, 6.45) is 0. The molecule has 1 aliphatic heterocycles. The first-order chi connectivity index (χ1) is 10.7. The van der Waals surface area contributed by atoms with E-state index in [2.05, 4.69) is 17.9 Å². The average molecular weight is 299 g/mol. The molecule has 0 aliphatic carbocycles. The number of fused-ring (bicyclic) bond motifs is 3. The molecule has 0 saturated carbocycles. The van der Waals surface area contributed by atoms with Crippen LogP contribution in [0.5, 0.6) is 11.5 Å². The van der Waals surface area contributed by atoms with Crippen LogP contribution in [0.1, 0.15) is 18.1 Å². The van der Waals surface area contributed by atoms with Gasteiger partial charge in [-0.2, -0.15) is 0 Å². The van der Waals surface area contributed by atoms with E-state index in [1.54, 1.807) is 14.2 Å². The summed E-state index contributed by atoms with van der Waals surface area (Å²) in [4.78, 5) is 2.29. The van der Waals surface area contributed by atoms with Crippen molar-refractivity contribution in [3.05, 3.63) is 41.5 Å². The van der Waals surface area contributed by atoms with Gasteiger partial charge in [-0.05, 0) is 30.2 Å². The van der Waals surface area contributed by atoms with E-state index in [1.165, 1.54) is 5.56 Å². The molecular formula is C18H21NO3. The maximum Gasteiger partial charge on any atom is 0.161 e. The Bertz CT molecular complexity index is 697. The number of ether oxygens (including phenoxy) is 2. The van der Waals surface area contributed by atoms with Gasteiger partial charge in [-0.3, -0.25) is 0 Å². The molecule has 0 aromatic heterocycles. The molecule has 0 unspecified atom stereocenters. The summed E-state index contributed by atoms with van der Waals surface area (Å²) in [5.41, 5.74) is 5.57. The molecule has 4 heteroatoms. The Morgan fingerprint density at radius 2 is 1.82 bits per heavy atom. The van der Waals surface area contributed by atoms with Crippen molar-refractivity contribution in [3.8, 4) is 22.6 Å². The maximum atomic E-state index is 9.67. The fourth-order valence-corrected chi connectivity index (χ4v) is 3.17. The topological polar surface area (TPSA) is 41.9 Å². The second kappa shape index (κ2) is 5.89. The zero-order valence-electron chi connectivity index (χ0n) is 13.2. The summed E-state index contributed by atoms with van der Waals surface area (Å²) in [6, 6.07) is 10.1. The van der Waals surface area contributed by atoms with Crippen molar-refractivity contribution in [1.29, 1.82) is 0 Å². The molecule has 1 N–H and O–H groups in total. The van der Waals surface area contributed by atoms with E-state index in [0.29, 0.717) is 0 Å². The molecule has 2 aromatic carbocycles. The largest absolute Gasteiger partial charge is 0.493 e. The number of rotatable bonds is 4. The zero-order valence-corrected chi connectivity index (χ0v) is 13.2. The van der Waals surface area contributed by atoms with Gasteiger partial charge in [0.25, 0.3) is 0 Å². The van der Waals surface area contributed by atoms with E-state index in [0.717, 1.165) is 47.0 Å². The normalized spacial score (nSPS) is 12.6. The fraction of sp³-hybridized carbons (Fsp3) is 0.333. The monoisotopic (exact) mass is 299 g/mol. The lowest BCUT2D eigenvalue weighted by molar-refractivity contribution is 0.282. The molecular weight excluding hydrogens is 278 g/mol. The lowest BCUT2D eigenvalue weighted by Crippen LogP contribution is -2.27. The quantitative estimate of drug-likeness (QED) is 0.941. The van der Waals surface area contributed by atoms with Crippen LogP contribution in [0, 0.1) is 0 Å². The van der Waals surface area contributed by atoms with Crippen LogP contribution >= 0.6 is 0 Å². The highest BCUT2D eigenvalue weighted by molar-refractivity contribution is 5.87. The molecule has 0 saturated heterocycles. The summed E-state index contributed by atoms with van der Waals surface area (Å²) in [5.74, 6) is 1.48. The van der Waals surface area contributed by atoms with Gasteiger partial charge >= 0.3 is 0 Å². The van der Waals surface area contributed by atoms with Gasteiger partial charge in [0.05, 0.1) is 26.5 Å². The van der Waals surface area contributed by atoms with Crippen molar-refractivity contribution in [1.82, 2.24) is 0 Å². The highest BCUT2D eigenvalue weighted by Gasteiger charge is 2.25. The van der Waals surface area contributed by atoms with E-state index in [1.807, 2.05) is 24.3 Å². The number of para-hydroxylation sites is 1. The van der Waals surface area contributed by atoms with Crippen molar-refractivity contribution in [2.75, 3.05) is 25.7 Å². The molecule has 0 radical (unpaired) electrons. The standard InChI is InChI=1S/C18H21NO3/c1-4-19-10-13-8-16(21-2)17(22-3)9-15(13)14-7-5-6-12(11-20)18(14)19/h5-9,20H,4,10-11H2,1-3H3. The highest BCUT2D eigenvalue weighted by Crippen LogP contribution is 2.45. The third kappa shape index (κ3) is 2.20. The molecule has 22 heavy (non-hydrogen) atoms. The van der Waals surface area contributed by atoms with E-state index in [-0.39, 0.29) is 6.61 Å². The van der Waals surface area contributed by atoms with Gasteiger partial charge in [-0.25, -0.2) is 0 Å². The smallest absolute Gasteiger partial charge is 0.161 e. The lowest BCUT2D eigenvalue weighted by Gasteiger charge is -2.34. The third-order valence-electron chi connectivity index (χ3n) is 4.25. The molecule has 2 aromatic rings. The second-order valence-electron chi connectivity index (χ2n) is 5.35. The number of benzene rings is 2. The Hall–Kier alpha value is -2.20. The van der Waals surface area contributed by atoms with Crippen molar-refractivity contribution >= 4 is 5.69 Å². The fourth-order valence-electron chi connectivity index (χ4n) is 3.17. The van der Waals surface area contributed by atoms with Crippen LogP contribution in [0.3, 0.4) is 0 Å². The predicted molar refractivity (Wildman–Crippen MR) is 87.6 cm³/mol. The molecule has 0 bridgehead atoms. The first-order valence-electron chi connectivity index (χ1n) is 7.46. The summed E-state index contributed by atoms with van der Waals surface area (Å²) in [6.45, 7) is 3.86. The maximum absolute atomic E-state index is 9.67. The van der Waals surface area contributed by atoms with Gasteiger partial charge in [0.2, 0.25) is 0 Å². The Kier molecular flexibility index (Phi) is 3.94. The molecule has 3 rings (SSSR count). The molecule has 116 valence electrons. The van der Waals surface area contributed by atoms with E-state index < -0.39 is 0 Å². The number of methoxy groups -OCH3 is 2. The molecule has 0 spiro atoms.